The average molecular weight is 279 g/mol. The fraction of sp³-hybridized carbons (Fsp3) is 0.909. The van der Waals surface area contributed by atoms with Gasteiger partial charge in [0.1, 0.15) is 9.84 Å². The second kappa shape index (κ2) is 10.1. The Morgan fingerprint density at radius 2 is 1.94 bits per heavy atom. The van der Waals surface area contributed by atoms with Gasteiger partial charge in [0.25, 0.3) is 0 Å². The van der Waals surface area contributed by atoms with Crippen LogP contribution in [0, 0.1) is 0 Å². The van der Waals surface area contributed by atoms with E-state index in [4.69, 9.17) is 4.74 Å². The summed E-state index contributed by atoms with van der Waals surface area (Å²) in [6.45, 7) is 6.98. The van der Waals surface area contributed by atoms with Crippen LogP contribution in [0.1, 0.15) is 20.3 Å². The summed E-state index contributed by atoms with van der Waals surface area (Å²) >= 11 is 0. The van der Waals surface area contributed by atoms with E-state index in [0.29, 0.717) is 13.2 Å². The van der Waals surface area contributed by atoms with Gasteiger partial charge in [-0.1, -0.05) is 6.92 Å². The van der Waals surface area contributed by atoms with E-state index in [0.717, 1.165) is 25.5 Å². The van der Waals surface area contributed by atoms with Crippen molar-refractivity contribution in [1.29, 1.82) is 0 Å². The van der Waals surface area contributed by atoms with Crippen molar-refractivity contribution in [3.05, 3.63) is 0 Å². The Hall–Kier alpha value is -0.820. The fourth-order valence-electron chi connectivity index (χ4n) is 1.12. The number of nitrogens with zero attached hydrogens (tertiary/aromatic N) is 1. The summed E-state index contributed by atoms with van der Waals surface area (Å²) in [4.78, 5) is 4.33. The van der Waals surface area contributed by atoms with Gasteiger partial charge in [0, 0.05) is 25.9 Å². The third-order valence-electron chi connectivity index (χ3n) is 1.98. The van der Waals surface area contributed by atoms with Crippen LogP contribution in [0.2, 0.25) is 0 Å². The zero-order chi connectivity index (χ0) is 13.9. The van der Waals surface area contributed by atoms with Crippen LogP contribution in [0.25, 0.3) is 0 Å². The molecule has 2 N–H and O–H groups in total. The minimum absolute atomic E-state index is 0.0665. The molecule has 0 aromatic rings. The monoisotopic (exact) mass is 279 g/mol. The standard InChI is InChI=1S/C11H25N3O3S/c1-4-6-13-11(12-5-2)14-7-8-17-9-10-18(3,15)16/h4-10H2,1-3H3,(H2,12,13,14). The number of guanidine groups is 1. The summed E-state index contributed by atoms with van der Waals surface area (Å²) in [6, 6.07) is 0. The zero-order valence-corrected chi connectivity index (χ0v) is 12.3. The molecule has 0 rings (SSSR count). The second-order valence-electron chi connectivity index (χ2n) is 3.93. The van der Waals surface area contributed by atoms with Gasteiger partial charge in [-0.3, -0.25) is 4.99 Å². The third-order valence-corrected chi connectivity index (χ3v) is 2.88. The fourth-order valence-corrected chi connectivity index (χ4v) is 1.54. The average Bonchev–Trinajstić information content (AvgIpc) is 2.29. The van der Waals surface area contributed by atoms with Crippen LogP contribution in [-0.2, 0) is 14.6 Å². The molecule has 7 heteroatoms. The van der Waals surface area contributed by atoms with Crippen molar-refractivity contribution in [2.75, 3.05) is 44.9 Å². The lowest BCUT2D eigenvalue weighted by atomic mass is 10.5. The minimum Gasteiger partial charge on any atom is -0.379 e. The van der Waals surface area contributed by atoms with Gasteiger partial charge in [-0.05, 0) is 13.3 Å². The van der Waals surface area contributed by atoms with Crippen molar-refractivity contribution in [3.63, 3.8) is 0 Å². The van der Waals surface area contributed by atoms with Gasteiger partial charge in [0.05, 0.1) is 19.0 Å². The first-order chi connectivity index (χ1) is 8.49. The SMILES string of the molecule is CCCN=C(NCC)NCCOCCS(C)(=O)=O. The summed E-state index contributed by atoms with van der Waals surface area (Å²) in [6.07, 6.45) is 2.21. The van der Waals surface area contributed by atoms with Crippen molar-refractivity contribution in [1.82, 2.24) is 10.6 Å². The normalized spacial score (nSPS) is 12.5. The maximum Gasteiger partial charge on any atom is 0.191 e. The highest BCUT2D eigenvalue weighted by Gasteiger charge is 2.01. The zero-order valence-electron chi connectivity index (χ0n) is 11.5. The highest BCUT2D eigenvalue weighted by atomic mass is 32.2. The molecule has 18 heavy (non-hydrogen) atoms. The molecule has 0 atom stereocenters. The molecule has 0 aliphatic carbocycles. The molecule has 0 aliphatic rings. The quantitative estimate of drug-likeness (QED) is 0.353. The Bertz CT molecular complexity index is 328. The molecule has 0 spiro atoms. The van der Waals surface area contributed by atoms with E-state index in [1.807, 2.05) is 6.92 Å². The number of aliphatic imine (C=N–C) groups is 1. The highest BCUT2D eigenvalue weighted by Crippen LogP contribution is 1.84. The van der Waals surface area contributed by atoms with E-state index in [-0.39, 0.29) is 12.4 Å². The van der Waals surface area contributed by atoms with Gasteiger partial charge in [0.15, 0.2) is 5.96 Å². The molecule has 0 aromatic heterocycles. The second-order valence-corrected chi connectivity index (χ2v) is 6.19. The molecular weight excluding hydrogens is 254 g/mol. The first kappa shape index (κ1) is 17.2. The number of nitrogens with one attached hydrogen (secondary N) is 2. The van der Waals surface area contributed by atoms with Crippen molar-refractivity contribution >= 4 is 15.8 Å². The molecule has 0 aromatic carbocycles. The molecule has 0 amide bonds. The summed E-state index contributed by atoms with van der Waals surface area (Å²) in [7, 11) is -2.93. The van der Waals surface area contributed by atoms with E-state index >= 15 is 0 Å². The predicted molar refractivity (Wildman–Crippen MR) is 74.8 cm³/mol. The molecule has 0 heterocycles. The molecule has 0 saturated heterocycles. The van der Waals surface area contributed by atoms with Gasteiger partial charge in [-0.2, -0.15) is 0 Å². The van der Waals surface area contributed by atoms with Crippen molar-refractivity contribution in [3.8, 4) is 0 Å². The van der Waals surface area contributed by atoms with E-state index in [1.165, 1.54) is 6.26 Å². The van der Waals surface area contributed by atoms with Crippen molar-refractivity contribution in [2.24, 2.45) is 4.99 Å². The van der Waals surface area contributed by atoms with Crippen LogP contribution >= 0.6 is 0 Å². The van der Waals surface area contributed by atoms with E-state index in [2.05, 4.69) is 22.5 Å². The van der Waals surface area contributed by atoms with Gasteiger partial charge in [0.2, 0.25) is 0 Å². The predicted octanol–water partition coefficient (Wildman–Crippen LogP) is 0.0127. The Morgan fingerprint density at radius 1 is 1.22 bits per heavy atom. The molecule has 0 unspecified atom stereocenters. The Morgan fingerprint density at radius 3 is 2.50 bits per heavy atom. The number of sulfone groups is 1. The van der Waals surface area contributed by atoms with Gasteiger partial charge >= 0.3 is 0 Å². The van der Waals surface area contributed by atoms with Gasteiger partial charge in [-0.15, -0.1) is 0 Å². The molecule has 0 fully saturated rings. The number of rotatable bonds is 9. The first-order valence-electron chi connectivity index (χ1n) is 6.27. The molecule has 108 valence electrons. The molecule has 6 nitrogen and oxygen atoms in total. The minimum atomic E-state index is -2.93. The Labute approximate surface area is 110 Å². The first-order valence-corrected chi connectivity index (χ1v) is 8.33. The molecule has 0 bridgehead atoms. The number of ether oxygens (including phenoxy) is 1. The van der Waals surface area contributed by atoms with Crippen LogP contribution < -0.4 is 10.6 Å². The maximum atomic E-state index is 10.9. The number of hydrogen-bond donors (Lipinski definition) is 2. The summed E-state index contributed by atoms with van der Waals surface area (Å²) < 4.78 is 26.9. The summed E-state index contributed by atoms with van der Waals surface area (Å²) in [5, 5.41) is 6.24. The Kier molecular flexibility index (Phi) is 9.67. The van der Waals surface area contributed by atoms with E-state index in [1.54, 1.807) is 0 Å². The lowest BCUT2D eigenvalue weighted by Crippen LogP contribution is -2.39. The lowest BCUT2D eigenvalue weighted by molar-refractivity contribution is 0.154. The topological polar surface area (TPSA) is 79.8 Å². The van der Waals surface area contributed by atoms with Gasteiger partial charge in [-0.25, -0.2) is 8.42 Å². The summed E-state index contributed by atoms with van der Waals surface area (Å²) in [5.74, 6) is 0.836. The molecule has 0 radical (unpaired) electrons. The lowest BCUT2D eigenvalue weighted by Gasteiger charge is -2.11. The Balaban J connectivity index is 3.67. The smallest absolute Gasteiger partial charge is 0.191 e. The van der Waals surface area contributed by atoms with E-state index in [9.17, 15) is 8.42 Å². The molecule has 0 saturated carbocycles. The maximum absolute atomic E-state index is 10.9. The van der Waals surface area contributed by atoms with Crippen LogP contribution in [0.4, 0.5) is 0 Å². The largest absolute Gasteiger partial charge is 0.379 e. The van der Waals surface area contributed by atoms with Crippen molar-refractivity contribution < 1.29 is 13.2 Å². The van der Waals surface area contributed by atoms with Crippen molar-refractivity contribution in [2.45, 2.75) is 20.3 Å². The van der Waals surface area contributed by atoms with Crippen LogP contribution in [0.5, 0.6) is 0 Å². The van der Waals surface area contributed by atoms with Crippen LogP contribution in [0.15, 0.2) is 4.99 Å². The van der Waals surface area contributed by atoms with Crippen LogP contribution in [-0.4, -0.2) is 59.2 Å². The van der Waals surface area contributed by atoms with Gasteiger partial charge < -0.3 is 15.4 Å². The molecular formula is C11H25N3O3S. The number of hydrogen-bond acceptors (Lipinski definition) is 4. The highest BCUT2D eigenvalue weighted by molar-refractivity contribution is 7.90. The third kappa shape index (κ3) is 11.7. The van der Waals surface area contributed by atoms with E-state index < -0.39 is 9.84 Å². The van der Waals surface area contributed by atoms with Crippen LogP contribution in [0.3, 0.4) is 0 Å². The molecule has 0 aliphatic heterocycles. The summed E-state index contributed by atoms with van der Waals surface area (Å²) in [5.41, 5.74) is 0.